The monoisotopic (exact) mass is 401 g/mol. The predicted molar refractivity (Wildman–Crippen MR) is 109 cm³/mol. The number of nitrogens with one attached hydrogen (secondary N) is 1. The predicted octanol–water partition coefficient (Wildman–Crippen LogP) is 4.60. The molecule has 1 aromatic heterocycles. The summed E-state index contributed by atoms with van der Waals surface area (Å²) in [7, 11) is 1.81. The van der Waals surface area contributed by atoms with Gasteiger partial charge in [-0.25, -0.2) is 4.68 Å². The molecule has 0 aliphatic heterocycles. The number of carbonyl (C=O) groups is 1. The average molecular weight is 402 g/mol. The summed E-state index contributed by atoms with van der Waals surface area (Å²) in [4.78, 5) is 25.0. The SMILES string of the molecule is Cc1c(N/C=C\C(=O)c2ccc(Cl)c(Cl)c2)c(=O)n(-c2ccccc2)n1C. The van der Waals surface area contributed by atoms with Gasteiger partial charge >= 0.3 is 0 Å². The summed E-state index contributed by atoms with van der Waals surface area (Å²) >= 11 is 11.8. The Hall–Kier alpha value is -2.76. The zero-order valence-electron chi connectivity index (χ0n) is 14.7. The third-order valence-electron chi connectivity index (χ3n) is 4.22. The van der Waals surface area contributed by atoms with E-state index < -0.39 is 0 Å². The summed E-state index contributed by atoms with van der Waals surface area (Å²) in [5.41, 5.74) is 2.12. The van der Waals surface area contributed by atoms with Gasteiger partial charge in [-0.1, -0.05) is 41.4 Å². The van der Waals surface area contributed by atoms with Crippen LogP contribution in [0.25, 0.3) is 5.69 Å². The molecule has 5 nitrogen and oxygen atoms in total. The van der Waals surface area contributed by atoms with Gasteiger partial charge in [0.1, 0.15) is 5.69 Å². The fourth-order valence-corrected chi connectivity index (χ4v) is 2.98. The van der Waals surface area contributed by atoms with Gasteiger partial charge in [-0.3, -0.25) is 14.3 Å². The van der Waals surface area contributed by atoms with Crippen molar-refractivity contribution in [3.05, 3.63) is 92.5 Å². The molecule has 0 amide bonds. The van der Waals surface area contributed by atoms with E-state index in [9.17, 15) is 9.59 Å². The number of carbonyl (C=O) groups excluding carboxylic acids is 1. The van der Waals surface area contributed by atoms with Crippen molar-refractivity contribution in [1.82, 2.24) is 9.36 Å². The van der Waals surface area contributed by atoms with Crippen molar-refractivity contribution in [2.24, 2.45) is 7.05 Å². The molecule has 3 rings (SSSR count). The van der Waals surface area contributed by atoms with Crippen LogP contribution in [0, 0.1) is 6.92 Å². The lowest BCUT2D eigenvalue weighted by atomic mass is 10.1. The van der Waals surface area contributed by atoms with Crippen molar-refractivity contribution in [1.29, 1.82) is 0 Å². The second-order valence-electron chi connectivity index (χ2n) is 5.91. The molecule has 1 heterocycles. The van der Waals surface area contributed by atoms with Crippen molar-refractivity contribution >= 4 is 34.7 Å². The van der Waals surface area contributed by atoms with E-state index in [4.69, 9.17) is 23.2 Å². The third-order valence-corrected chi connectivity index (χ3v) is 4.96. The Kier molecular flexibility index (Phi) is 5.54. The molecule has 0 aliphatic rings. The normalized spacial score (nSPS) is 11.1. The number of aromatic nitrogens is 2. The van der Waals surface area contributed by atoms with Gasteiger partial charge in [0.2, 0.25) is 0 Å². The first kappa shape index (κ1) is 19.0. The van der Waals surface area contributed by atoms with E-state index in [-0.39, 0.29) is 11.3 Å². The average Bonchev–Trinajstić information content (AvgIpc) is 2.87. The first-order chi connectivity index (χ1) is 12.9. The summed E-state index contributed by atoms with van der Waals surface area (Å²) in [6.45, 7) is 1.83. The van der Waals surface area contributed by atoms with Gasteiger partial charge in [0.25, 0.3) is 5.56 Å². The minimum absolute atomic E-state index is 0.201. The number of allylic oxidation sites excluding steroid dienone is 1. The van der Waals surface area contributed by atoms with Gasteiger partial charge < -0.3 is 5.32 Å². The highest BCUT2D eigenvalue weighted by Crippen LogP contribution is 2.23. The molecule has 0 atom stereocenters. The van der Waals surface area contributed by atoms with Crippen molar-refractivity contribution in [3.63, 3.8) is 0 Å². The van der Waals surface area contributed by atoms with Gasteiger partial charge in [-0.2, -0.15) is 0 Å². The number of rotatable bonds is 5. The number of nitrogens with zero attached hydrogens (tertiary/aromatic N) is 2. The molecule has 0 bridgehead atoms. The van der Waals surface area contributed by atoms with Gasteiger partial charge in [-0.05, 0) is 37.3 Å². The largest absolute Gasteiger partial charge is 0.356 e. The first-order valence-electron chi connectivity index (χ1n) is 8.16. The van der Waals surface area contributed by atoms with Crippen LogP contribution in [-0.2, 0) is 7.05 Å². The first-order valence-corrected chi connectivity index (χ1v) is 8.92. The maximum Gasteiger partial charge on any atom is 0.295 e. The Balaban J connectivity index is 1.84. The van der Waals surface area contributed by atoms with Crippen LogP contribution in [0.5, 0.6) is 0 Å². The Bertz CT molecular complexity index is 1080. The molecule has 0 saturated carbocycles. The minimum atomic E-state index is -0.252. The molecule has 2 aromatic carbocycles. The maximum atomic E-state index is 12.8. The second-order valence-corrected chi connectivity index (χ2v) is 6.72. The molecule has 0 unspecified atom stereocenters. The van der Waals surface area contributed by atoms with Crippen molar-refractivity contribution in [2.75, 3.05) is 5.32 Å². The van der Waals surface area contributed by atoms with Crippen molar-refractivity contribution < 1.29 is 4.79 Å². The standard InChI is InChI=1S/C20H17Cl2N3O2/c1-13-19(20(27)25(24(13)2)15-6-4-3-5-7-15)23-11-10-18(26)14-8-9-16(21)17(22)12-14/h3-12,23H,1-2H3/b11-10-. The lowest BCUT2D eigenvalue weighted by molar-refractivity contribution is 0.104. The highest BCUT2D eigenvalue weighted by atomic mass is 35.5. The number of para-hydroxylation sites is 1. The van der Waals surface area contributed by atoms with Gasteiger partial charge in [0, 0.05) is 24.9 Å². The molecular weight excluding hydrogens is 385 g/mol. The van der Waals surface area contributed by atoms with E-state index in [0.29, 0.717) is 21.3 Å². The van der Waals surface area contributed by atoms with Crippen LogP contribution in [0.15, 0.2) is 65.6 Å². The minimum Gasteiger partial charge on any atom is -0.356 e. The molecular formula is C20H17Cl2N3O2. The lowest BCUT2D eigenvalue weighted by Gasteiger charge is -2.07. The van der Waals surface area contributed by atoms with Gasteiger partial charge in [0.05, 0.1) is 21.4 Å². The Morgan fingerprint density at radius 1 is 1.07 bits per heavy atom. The van der Waals surface area contributed by atoms with Crippen molar-refractivity contribution in [2.45, 2.75) is 6.92 Å². The highest BCUT2D eigenvalue weighted by molar-refractivity contribution is 6.42. The molecule has 3 aromatic rings. The smallest absolute Gasteiger partial charge is 0.295 e. The Labute approximate surface area is 166 Å². The summed E-state index contributed by atoms with van der Waals surface area (Å²) in [5, 5.41) is 3.62. The van der Waals surface area contributed by atoms with E-state index in [1.54, 1.807) is 28.5 Å². The van der Waals surface area contributed by atoms with E-state index in [2.05, 4.69) is 5.32 Å². The van der Waals surface area contributed by atoms with Crippen LogP contribution < -0.4 is 10.9 Å². The lowest BCUT2D eigenvalue weighted by Crippen LogP contribution is -2.20. The summed E-state index contributed by atoms with van der Waals surface area (Å²) in [6.07, 6.45) is 2.79. The molecule has 0 fully saturated rings. The van der Waals surface area contributed by atoms with Crippen LogP contribution in [0.1, 0.15) is 16.1 Å². The zero-order chi connectivity index (χ0) is 19.6. The van der Waals surface area contributed by atoms with Crippen LogP contribution in [0.4, 0.5) is 5.69 Å². The maximum absolute atomic E-state index is 12.8. The number of halogens is 2. The molecule has 0 radical (unpaired) electrons. The fraction of sp³-hybridized carbons (Fsp3) is 0.100. The van der Waals surface area contributed by atoms with E-state index in [1.807, 2.05) is 37.3 Å². The molecule has 0 saturated heterocycles. The number of hydrogen-bond donors (Lipinski definition) is 1. The van der Waals surface area contributed by atoms with E-state index in [1.165, 1.54) is 18.3 Å². The molecule has 0 spiro atoms. The molecule has 27 heavy (non-hydrogen) atoms. The number of benzene rings is 2. The quantitative estimate of drug-likeness (QED) is 0.501. The van der Waals surface area contributed by atoms with E-state index >= 15 is 0 Å². The Morgan fingerprint density at radius 2 is 1.78 bits per heavy atom. The summed E-state index contributed by atoms with van der Waals surface area (Å²) in [5.74, 6) is -0.252. The summed E-state index contributed by atoms with van der Waals surface area (Å²) in [6, 6.07) is 14.0. The third kappa shape index (κ3) is 3.84. The fourth-order valence-electron chi connectivity index (χ4n) is 2.68. The van der Waals surface area contributed by atoms with Gasteiger partial charge in [-0.15, -0.1) is 0 Å². The van der Waals surface area contributed by atoms with Crippen molar-refractivity contribution in [3.8, 4) is 5.69 Å². The Morgan fingerprint density at radius 3 is 2.44 bits per heavy atom. The number of anilines is 1. The number of ketones is 1. The molecule has 0 aliphatic carbocycles. The van der Waals surface area contributed by atoms with E-state index in [0.717, 1.165) is 11.4 Å². The highest BCUT2D eigenvalue weighted by Gasteiger charge is 2.15. The molecule has 138 valence electrons. The molecule has 1 N–H and O–H groups in total. The topological polar surface area (TPSA) is 56.0 Å². The van der Waals surface area contributed by atoms with Crippen LogP contribution in [0.2, 0.25) is 10.0 Å². The number of hydrogen-bond acceptors (Lipinski definition) is 3. The van der Waals surface area contributed by atoms with Gasteiger partial charge in [0.15, 0.2) is 5.78 Å². The van der Waals surface area contributed by atoms with Crippen LogP contribution in [-0.4, -0.2) is 15.1 Å². The molecule has 7 heteroatoms. The summed E-state index contributed by atoms with van der Waals surface area (Å²) < 4.78 is 3.32. The van der Waals surface area contributed by atoms with Crippen LogP contribution >= 0.6 is 23.2 Å². The second kappa shape index (κ2) is 7.86. The zero-order valence-corrected chi connectivity index (χ0v) is 16.3. The van der Waals surface area contributed by atoms with Crippen LogP contribution in [0.3, 0.4) is 0 Å².